The fourth-order valence-corrected chi connectivity index (χ4v) is 1.79. The summed E-state index contributed by atoms with van der Waals surface area (Å²) >= 11 is 0. The lowest BCUT2D eigenvalue weighted by Crippen LogP contribution is -2.32. The molecule has 1 aliphatic rings. The lowest BCUT2D eigenvalue weighted by atomic mass is 9.85. The van der Waals surface area contributed by atoms with E-state index < -0.39 is 0 Å². The molecule has 1 aliphatic carbocycles. The number of hydrogen-bond acceptors (Lipinski definition) is 4. The molecule has 0 amide bonds. The van der Waals surface area contributed by atoms with E-state index in [2.05, 4.69) is 11.9 Å². The molecule has 0 bridgehead atoms. The van der Waals surface area contributed by atoms with Crippen LogP contribution >= 0.6 is 0 Å². The second-order valence-electron chi connectivity index (χ2n) is 4.42. The van der Waals surface area contributed by atoms with Crippen LogP contribution in [-0.4, -0.2) is 50.8 Å². The summed E-state index contributed by atoms with van der Waals surface area (Å²) in [4.78, 5) is 13.2. The molecule has 4 heteroatoms. The zero-order valence-corrected chi connectivity index (χ0v) is 10.4. The maximum Gasteiger partial charge on any atom is 0.332 e. The van der Waals surface area contributed by atoms with E-state index in [1.165, 1.54) is 19.3 Å². The molecule has 0 aliphatic heterocycles. The number of nitrogens with zero attached hydrogens (tertiary/aromatic N) is 1. The Morgan fingerprint density at radius 3 is 2.75 bits per heavy atom. The summed E-state index contributed by atoms with van der Waals surface area (Å²) < 4.78 is 10.00. The summed E-state index contributed by atoms with van der Waals surface area (Å²) in [6, 6.07) is 0. The summed E-state index contributed by atoms with van der Waals surface area (Å²) in [7, 11) is 2.10. The van der Waals surface area contributed by atoms with Crippen LogP contribution in [0.15, 0.2) is 0 Å². The third-order valence-electron chi connectivity index (χ3n) is 2.94. The van der Waals surface area contributed by atoms with Gasteiger partial charge in [0.2, 0.25) is 0 Å². The Morgan fingerprint density at radius 2 is 2.19 bits per heavy atom. The average Bonchev–Trinajstić information content (AvgIpc) is 2.19. The minimum atomic E-state index is -0.274. The van der Waals surface area contributed by atoms with Crippen molar-refractivity contribution in [1.82, 2.24) is 4.90 Å². The minimum absolute atomic E-state index is 0.0745. The molecule has 0 saturated heterocycles. The second kappa shape index (κ2) is 7.63. The standard InChI is InChI=1S/C12H23NO3/c1-3-16-12(14)10-15-8-7-13(2)9-11-5-4-6-11/h11H,3-10H2,1-2H3. The fourth-order valence-electron chi connectivity index (χ4n) is 1.79. The number of rotatable bonds is 8. The Hall–Kier alpha value is -0.610. The molecule has 0 N–H and O–H groups in total. The van der Waals surface area contributed by atoms with Crippen LogP contribution in [0.5, 0.6) is 0 Å². The molecule has 0 spiro atoms. The van der Waals surface area contributed by atoms with Crippen LogP contribution in [-0.2, 0) is 14.3 Å². The highest BCUT2D eigenvalue weighted by atomic mass is 16.6. The van der Waals surface area contributed by atoms with Crippen molar-refractivity contribution in [3.05, 3.63) is 0 Å². The molecule has 0 aromatic rings. The van der Waals surface area contributed by atoms with Gasteiger partial charge < -0.3 is 14.4 Å². The van der Waals surface area contributed by atoms with Crippen LogP contribution in [0.25, 0.3) is 0 Å². The van der Waals surface area contributed by atoms with Gasteiger partial charge in [-0.05, 0) is 32.7 Å². The van der Waals surface area contributed by atoms with Crippen LogP contribution in [0.3, 0.4) is 0 Å². The van der Waals surface area contributed by atoms with Crippen molar-refractivity contribution in [1.29, 1.82) is 0 Å². The molecule has 0 radical (unpaired) electrons. The summed E-state index contributed by atoms with van der Waals surface area (Å²) in [5.41, 5.74) is 0. The number of carbonyl (C=O) groups excluding carboxylic acids is 1. The summed E-state index contributed by atoms with van der Waals surface area (Å²) in [5.74, 6) is 0.610. The third-order valence-corrected chi connectivity index (χ3v) is 2.94. The Kier molecular flexibility index (Phi) is 6.42. The van der Waals surface area contributed by atoms with E-state index in [1.54, 1.807) is 6.92 Å². The predicted octanol–water partition coefficient (Wildman–Crippen LogP) is 1.30. The molecule has 0 aromatic heterocycles. The molecule has 0 aromatic carbocycles. The second-order valence-corrected chi connectivity index (χ2v) is 4.42. The minimum Gasteiger partial charge on any atom is -0.464 e. The van der Waals surface area contributed by atoms with E-state index in [1.807, 2.05) is 0 Å². The maximum absolute atomic E-state index is 11.0. The number of hydrogen-bond donors (Lipinski definition) is 0. The number of likely N-dealkylation sites (N-methyl/N-ethyl adjacent to an activating group) is 1. The molecule has 16 heavy (non-hydrogen) atoms. The number of carbonyl (C=O) groups is 1. The molecular weight excluding hydrogens is 206 g/mol. The molecule has 4 nitrogen and oxygen atoms in total. The van der Waals surface area contributed by atoms with Crippen molar-refractivity contribution in [3.63, 3.8) is 0 Å². The van der Waals surface area contributed by atoms with Gasteiger partial charge in [-0.1, -0.05) is 6.42 Å². The maximum atomic E-state index is 11.0. The van der Waals surface area contributed by atoms with Gasteiger partial charge >= 0.3 is 5.97 Å². The van der Waals surface area contributed by atoms with Gasteiger partial charge in [0.05, 0.1) is 13.2 Å². The van der Waals surface area contributed by atoms with Crippen LogP contribution < -0.4 is 0 Å². The van der Waals surface area contributed by atoms with Crippen molar-refractivity contribution in [2.24, 2.45) is 5.92 Å². The molecule has 0 unspecified atom stereocenters. The van der Waals surface area contributed by atoms with E-state index >= 15 is 0 Å². The molecule has 0 atom stereocenters. The van der Waals surface area contributed by atoms with Gasteiger partial charge in [0, 0.05) is 13.1 Å². The molecular formula is C12H23NO3. The van der Waals surface area contributed by atoms with Crippen molar-refractivity contribution in [3.8, 4) is 0 Å². The smallest absolute Gasteiger partial charge is 0.332 e. The van der Waals surface area contributed by atoms with Crippen molar-refractivity contribution in [2.45, 2.75) is 26.2 Å². The molecule has 1 rings (SSSR count). The first kappa shape index (κ1) is 13.5. The Labute approximate surface area is 97.9 Å². The summed E-state index contributed by atoms with van der Waals surface area (Å²) in [6.45, 7) is 4.93. The highest BCUT2D eigenvalue weighted by Gasteiger charge is 2.18. The Morgan fingerprint density at radius 1 is 1.44 bits per heavy atom. The summed E-state index contributed by atoms with van der Waals surface area (Å²) in [5, 5.41) is 0. The fraction of sp³-hybridized carbons (Fsp3) is 0.917. The zero-order chi connectivity index (χ0) is 11.8. The normalized spacial score (nSPS) is 16.2. The first-order valence-corrected chi connectivity index (χ1v) is 6.14. The van der Waals surface area contributed by atoms with Crippen molar-refractivity contribution in [2.75, 3.05) is 40.0 Å². The van der Waals surface area contributed by atoms with Crippen LogP contribution in [0.2, 0.25) is 0 Å². The van der Waals surface area contributed by atoms with Crippen LogP contribution in [0.1, 0.15) is 26.2 Å². The first-order chi connectivity index (χ1) is 7.72. The van der Waals surface area contributed by atoms with E-state index in [0.29, 0.717) is 13.2 Å². The quantitative estimate of drug-likeness (QED) is 0.464. The molecule has 94 valence electrons. The monoisotopic (exact) mass is 229 g/mol. The SMILES string of the molecule is CCOC(=O)COCCN(C)CC1CCC1. The highest BCUT2D eigenvalue weighted by Crippen LogP contribution is 2.26. The van der Waals surface area contributed by atoms with Gasteiger partial charge in [-0.2, -0.15) is 0 Å². The van der Waals surface area contributed by atoms with Gasteiger partial charge in [0.1, 0.15) is 6.61 Å². The van der Waals surface area contributed by atoms with Crippen molar-refractivity contribution >= 4 is 5.97 Å². The first-order valence-electron chi connectivity index (χ1n) is 6.14. The van der Waals surface area contributed by atoms with Gasteiger partial charge in [-0.3, -0.25) is 0 Å². The third kappa shape index (κ3) is 5.47. The van der Waals surface area contributed by atoms with Gasteiger partial charge in [0.25, 0.3) is 0 Å². The zero-order valence-electron chi connectivity index (χ0n) is 10.4. The summed E-state index contributed by atoms with van der Waals surface area (Å²) in [6.07, 6.45) is 4.12. The van der Waals surface area contributed by atoms with Gasteiger partial charge in [-0.25, -0.2) is 4.79 Å². The largest absolute Gasteiger partial charge is 0.464 e. The van der Waals surface area contributed by atoms with E-state index in [0.717, 1.165) is 19.0 Å². The molecule has 1 saturated carbocycles. The van der Waals surface area contributed by atoms with Gasteiger partial charge in [0.15, 0.2) is 0 Å². The van der Waals surface area contributed by atoms with Crippen LogP contribution in [0.4, 0.5) is 0 Å². The molecule has 0 heterocycles. The van der Waals surface area contributed by atoms with Crippen molar-refractivity contribution < 1.29 is 14.3 Å². The Bertz CT molecular complexity index is 204. The lowest BCUT2D eigenvalue weighted by Gasteiger charge is -2.29. The lowest BCUT2D eigenvalue weighted by molar-refractivity contribution is -0.148. The van der Waals surface area contributed by atoms with E-state index in [4.69, 9.17) is 9.47 Å². The predicted molar refractivity (Wildman–Crippen MR) is 62.3 cm³/mol. The average molecular weight is 229 g/mol. The number of ether oxygens (including phenoxy) is 2. The number of esters is 1. The van der Waals surface area contributed by atoms with Crippen LogP contribution in [0, 0.1) is 5.92 Å². The van der Waals surface area contributed by atoms with E-state index in [-0.39, 0.29) is 12.6 Å². The highest BCUT2D eigenvalue weighted by molar-refractivity contribution is 5.70. The van der Waals surface area contributed by atoms with E-state index in [9.17, 15) is 4.79 Å². The topological polar surface area (TPSA) is 38.8 Å². The Balaban J connectivity index is 1.91. The molecule has 1 fully saturated rings. The van der Waals surface area contributed by atoms with Gasteiger partial charge in [-0.15, -0.1) is 0 Å².